The summed E-state index contributed by atoms with van der Waals surface area (Å²) in [4.78, 5) is 30.7. The van der Waals surface area contributed by atoms with Gasteiger partial charge in [0.2, 0.25) is 0 Å². The molecular formula is C11H8N6O7. The SMILES string of the molecule is O=C(N/N=C\c1ccc([N+](=O)[O-])o1)N/N=C/c1ccc([N+](=O)[O-])o1. The van der Waals surface area contributed by atoms with Crippen LogP contribution >= 0.6 is 0 Å². The number of furan rings is 2. The lowest BCUT2D eigenvalue weighted by atomic mass is 10.5. The van der Waals surface area contributed by atoms with Crippen LogP contribution < -0.4 is 10.9 Å². The Morgan fingerprint density at radius 2 is 1.33 bits per heavy atom. The van der Waals surface area contributed by atoms with Crippen molar-refractivity contribution in [2.75, 3.05) is 0 Å². The summed E-state index contributed by atoms with van der Waals surface area (Å²) in [6, 6.07) is 4.03. The molecule has 2 rings (SSSR count). The number of urea groups is 1. The van der Waals surface area contributed by atoms with E-state index in [0.717, 1.165) is 24.6 Å². The summed E-state index contributed by atoms with van der Waals surface area (Å²) in [5.74, 6) is -0.794. The van der Waals surface area contributed by atoms with Gasteiger partial charge in [-0.3, -0.25) is 20.2 Å². The topological polar surface area (TPSA) is 178 Å². The van der Waals surface area contributed by atoms with Crippen LogP contribution in [0.4, 0.5) is 16.6 Å². The second-order valence-corrected chi connectivity index (χ2v) is 3.94. The molecule has 0 aliphatic heterocycles. The molecule has 0 atom stereocenters. The lowest BCUT2D eigenvalue weighted by molar-refractivity contribution is -0.402. The molecule has 0 bridgehead atoms. The van der Waals surface area contributed by atoms with E-state index in [-0.39, 0.29) is 11.5 Å². The molecule has 13 heteroatoms. The highest BCUT2D eigenvalue weighted by Gasteiger charge is 2.11. The number of hydrogen-bond acceptors (Lipinski definition) is 9. The first-order valence-corrected chi connectivity index (χ1v) is 6.06. The maximum Gasteiger partial charge on any atom is 0.433 e. The molecule has 2 aromatic rings. The van der Waals surface area contributed by atoms with Crippen molar-refractivity contribution in [2.24, 2.45) is 10.2 Å². The van der Waals surface area contributed by atoms with Gasteiger partial charge in [-0.05, 0) is 12.1 Å². The molecule has 2 aromatic heterocycles. The lowest BCUT2D eigenvalue weighted by Crippen LogP contribution is -2.28. The number of nitrogens with one attached hydrogen (secondary N) is 2. The van der Waals surface area contributed by atoms with Crippen molar-refractivity contribution in [3.05, 3.63) is 56.0 Å². The molecule has 2 amide bonds. The summed E-state index contributed by atoms with van der Waals surface area (Å²) in [6.45, 7) is 0. The van der Waals surface area contributed by atoms with E-state index in [4.69, 9.17) is 8.83 Å². The number of nitro groups is 2. The number of amides is 2. The molecule has 0 aliphatic rings. The van der Waals surface area contributed by atoms with Crippen LogP contribution in [-0.4, -0.2) is 28.3 Å². The van der Waals surface area contributed by atoms with Gasteiger partial charge in [0.15, 0.2) is 11.5 Å². The largest absolute Gasteiger partial charge is 0.433 e. The van der Waals surface area contributed by atoms with E-state index in [1.165, 1.54) is 12.1 Å². The number of rotatable bonds is 6. The van der Waals surface area contributed by atoms with E-state index in [9.17, 15) is 25.0 Å². The highest BCUT2D eigenvalue weighted by Crippen LogP contribution is 2.14. The number of nitrogens with zero attached hydrogens (tertiary/aromatic N) is 4. The van der Waals surface area contributed by atoms with Gasteiger partial charge < -0.3 is 8.83 Å². The van der Waals surface area contributed by atoms with E-state index in [0.29, 0.717) is 0 Å². The maximum absolute atomic E-state index is 11.3. The van der Waals surface area contributed by atoms with Gasteiger partial charge in [0.1, 0.15) is 9.85 Å². The monoisotopic (exact) mass is 336 g/mol. The minimum absolute atomic E-state index is 0.0633. The Balaban J connectivity index is 1.79. The normalized spacial score (nSPS) is 11.0. The van der Waals surface area contributed by atoms with E-state index in [1.807, 2.05) is 10.9 Å². The summed E-state index contributed by atoms with van der Waals surface area (Å²) >= 11 is 0. The van der Waals surface area contributed by atoms with E-state index in [1.54, 1.807) is 0 Å². The van der Waals surface area contributed by atoms with Crippen molar-refractivity contribution in [1.82, 2.24) is 10.9 Å². The van der Waals surface area contributed by atoms with Crippen LogP contribution in [0, 0.1) is 20.2 Å². The highest BCUT2D eigenvalue weighted by atomic mass is 16.7. The average molecular weight is 336 g/mol. The van der Waals surface area contributed by atoms with Crippen LogP contribution in [-0.2, 0) is 0 Å². The molecule has 0 fully saturated rings. The van der Waals surface area contributed by atoms with Gasteiger partial charge in [-0.1, -0.05) is 0 Å². The Bertz CT molecular complexity index is 754. The molecule has 124 valence electrons. The fourth-order valence-electron chi connectivity index (χ4n) is 1.35. The molecule has 24 heavy (non-hydrogen) atoms. The molecule has 0 spiro atoms. The molecule has 2 N–H and O–H groups in total. The Morgan fingerprint density at radius 1 is 0.917 bits per heavy atom. The van der Waals surface area contributed by atoms with Gasteiger partial charge in [0.25, 0.3) is 0 Å². The smallest absolute Gasteiger partial charge is 0.400 e. The zero-order valence-electron chi connectivity index (χ0n) is 11.6. The summed E-state index contributed by atoms with van der Waals surface area (Å²) in [5, 5.41) is 27.7. The number of carbonyl (C=O) groups is 1. The quantitative estimate of drug-likeness (QED) is 0.454. The van der Waals surface area contributed by atoms with Crippen LogP contribution in [0.25, 0.3) is 0 Å². The highest BCUT2D eigenvalue weighted by molar-refractivity contribution is 5.81. The summed E-state index contributed by atoms with van der Waals surface area (Å²) in [6.07, 6.45) is 2.10. The molecular weight excluding hydrogens is 328 g/mol. The Kier molecular flexibility index (Phi) is 4.97. The first kappa shape index (κ1) is 16.3. The molecule has 0 saturated heterocycles. The summed E-state index contributed by atoms with van der Waals surface area (Å²) in [7, 11) is 0. The fraction of sp³-hybridized carbons (Fsp3) is 0. The average Bonchev–Trinajstić information content (AvgIpc) is 3.16. The van der Waals surface area contributed by atoms with Gasteiger partial charge in [0, 0.05) is 0 Å². The number of carbonyl (C=O) groups excluding carboxylic acids is 1. The Morgan fingerprint density at radius 3 is 1.67 bits per heavy atom. The number of hydrazone groups is 2. The molecule has 0 unspecified atom stereocenters. The van der Waals surface area contributed by atoms with Crippen molar-refractivity contribution < 1.29 is 23.5 Å². The molecule has 0 aromatic carbocycles. The van der Waals surface area contributed by atoms with Gasteiger partial charge in [0.05, 0.1) is 24.6 Å². The Hall–Kier alpha value is -4.03. The molecule has 0 radical (unpaired) electrons. The molecule has 0 aliphatic carbocycles. The van der Waals surface area contributed by atoms with Gasteiger partial charge in [-0.15, -0.1) is 0 Å². The van der Waals surface area contributed by atoms with Gasteiger partial charge in [-0.25, -0.2) is 15.6 Å². The zero-order valence-corrected chi connectivity index (χ0v) is 11.6. The van der Waals surface area contributed by atoms with Gasteiger partial charge >= 0.3 is 17.8 Å². The second kappa shape index (κ2) is 7.30. The summed E-state index contributed by atoms with van der Waals surface area (Å²) in [5.41, 5.74) is 4.03. The molecule has 0 saturated carbocycles. The second-order valence-electron chi connectivity index (χ2n) is 3.94. The van der Waals surface area contributed by atoms with Gasteiger partial charge in [-0.2, -0.15) is 10.2 Å². The molecule has 13 nitrogen and oxygen atoms in total. The predicted molar refractivity (Wildman–Crippen MR) is 77.6 cm³/mol. The lowest BCUT2D eigenvalue weighted by Gasteiger charge is -1.95. The standard InChI is InChI=1S/C11H8N6O7/c18-11(14-12-5-7-1-3-9(23-7)16(19)20)15-13-6-8-2-4-10(24-8)17(21)22/h1-6H,(H2,14,15,18)/b12-5-,13-6+. The van der Waals surface area contributed by atoms with Crippen molar-refractivity contribution in [3.63, 3.8) is 0 Å². The third kappa shape index (κ3) is 4.48. The Labute approximate surface area is 131 Å². The van der Waals surface area contributed by atoms with Crippen molar-refractivity contribution >= 4 is 30.2 Å². The third-order valence-corrected chi connectivity index (χ3v) is 2.30. The van der Waals surface area contributed by atoms with Crippen molar-refractivity contribution in [3.8, 4) is 0 Å². The fourth-order valence-corrected chi connectivity index (χ4v) is 1.35. The van der Waals surface area contributed by atoms with Crippen LogP contribution in [0.5, 0.6) is 0 Å². The first-order valence-electron chi connectivity index (χ1n) is 6.06. The van der Waals surface area contributed by atoms with E-state index >= 15 is 0 Å². The third-order valence-electron chi connectivity index (χ3n) is 2.30. The van der Waals surface area contributed by atoms with Crippen LogP contribution in [0.15, 0.2) is 43.3 Å². The zero-order chi connectivity index (χ0) is 17.5. The predicted octanol–water partition coefficient (Wildman–Crippen LogP) is 1.36. The van der Waals surface area contributed by atoms with E-state index in [2.05, 4.69) is 10.2 Å². The van der Waals surface area contributed by atoms with E-state index < -0.39 is 27.6 Å². The van der Waals surface area contributed by atoms with Crippen molar-refractivity contribution in [1.29, 1.82) is 0 Å². The number of hydrogen-bond donors (Lipinski definition) is 2. The maximum atomic E-state index is 11.3. The summed E-state index contributed by atoms with van der Waals surface area (Å²) < 4.78 is 9.54. The minimum atomic E-state index is -0.829. The van der Waals surface area contributed by atoms with Crippen LogP contribution in [0.1, 0.15) is 11.5 Å². The van der Waals surface area contributed by atoms with Crippen molar-refractivity contribution in [2.45, 2.75) is 0 Å². The molecule has 2 heterocycles. The van der Waals surface area contributed by atoms with Crippen LogP contribution in [0.3, 0.4) is 0 Å². The first-order chi connectivity index (χ1) is 11.5. The minimum Gasteiger partial charge on any atom is -0.400 e. The van der Waals surface area contributed by atoms with Crippen LogP contribution in [0.2, 0.25) is 0 Å².